The van der Waals surface area contributed by atoms with E-state index in [0.29, 0.717) is 11.1 Å². The van der Waals surface area contributed by atoms with Gasteiger partial charge in [0.05, 0.1) is 12.7 Å². The topological polar surface area (TPSA) is 91.2 Å². The molecule has 76 valence electrons. The maximum atomic E-state index is 11.3. The van der Waals surface area contributed by atoms with Gasteiger partial charge in [-0.3, -0.25) is 0 Å². The Labute approximate surface area is 82.1 Å². The van der Waals surface area contributed by atoms with Gasteiger partial charge in [-0.2, -0.15) is 0 Å². The Kier molecular flexibility index (Phi) is 3.03. The number of anilines is 1. The molecule has 0 spiro atoms. The van der Waals surface area contributed by atoms with E-state index in [-0.39, 0.29) is 11.9 Å². The smallest absolute Gasteiger partial charge is 0.338 e. The van der Waals surface area contributed by atoms with Crippen molar-refractivity contribution in [1.29, 1.82) is 0 Å². The van der Waals surface area contributed by atoms with Gasteiger partial charge in [0.1, 0.15) is 5.82 Å². The summed E-state index contributed by atoms with van der Waals surface area (Å²) < 4.78 is 4.60. The van der Waals surface area contributed by atoms with Crippen molar-refractivity contribution in [2.75, 3.05) is 12.8 Å². The summed E-state index contributed by atoms with van der Waals surface area (Å²) in [5.41, 5.74) is 12.1. The lowest BCUT2D eigenvalue weighted by atomic mass is 10.1. The zero-order valence-corrected chi connectivity index (χ0v) is 8.15. The summed E-state index contributed by atoms with van der Waals surface area (Å²) in [7, 11) is 1.31. The second-order valence-electron chi connectivity index (χ2n) is 2.98. The molecule has 0 aliphatic rings. The minimum absolute atomic E-state index is 0.273. The van der Waals surface area contributed by atoms with Crippen LogP contribution < -0.4 is 11.5 Å². The maximum absolute atomic E-state index is 11.3. The Balaban J connectivity index is 3.22. The van der Waals surface area contributed by atoms with Crippen LogP contribution in [-0.2, 0) is 4.74 Å². The quantitative estimate of drug-likeness (QED) is 0.669. The maximum Gasteiger partial charge on any atom is 0.338 e. The van der Waals surface area contributed by atoms with Crippen molar-refractivity contribution in [2.24, 2.45) is 5.73 Å². The molecule has 1 rings (SSSR count). The van der Waals surface area contributed by atoms with Crippen LogP contribution in [0.15, 0.2) is 12.3 Å². The highest BCUT2D eigenvalue weighted by Gasteiger charge is 2.15. The van der Waals surface area contributed by atoms with Gasteiger partial charge < -0.3 is 16.2 Å². The number of carbonyl (C=O) groups is 1. The molecular formula is C9H13N3O2. The molecule has 0 saturated carbocycles. The van der Waals surface area contributed by atoms with Crippen LogP contribution in [-0.4, -0.2) is 18.1 Å². The number of nitrogens with two attached hydrogens (primary N) is 2. The molecule has 1 aromatic heterocycles. The predicted octanol–water partition coefficient (Wildman–Crippen LogP) is 0.470. The third-order valence-corrected chi connectivity index (χ3v) is 1.85. The largest absolute Gasteiger partial charge is 0.465 e. The third-order valence-electron chi connectivity index (χ3n) is 1.85. The van der Waals surface area contributed by atoms with E-state index >= 15 is 0 Å². The molecule has 5 heteroatoms. The monoisotopic (exact) mass is 195 g/mol. The van der Waals surface area contributed by atoms with Gasteiger partial charge in [0.15, 0.2) is 0 Å². The Morgan fingerprint density at radius 1 is 1.64 bits per heavy atom. The van der Waals surface area contributed by atoms with Gasteiger partial charge in [-0.1, -0.05) is 0 Å². The van der Waals surface area contributed by atoms with Crippen molar-refractivity contribution in [1.82, 2.24) is 4.98 Å². The van der Waals surface area contributed by atoms with E-state index in [9.17, 15) is 4.79 Å². The lowest BCUT2D eigenvalue weighted by molar-refractivity contribution is 0.0599. The molecule has 1 aromatic rings. The van der Waals surface area contributed by atoms with Gasteiger partial charge in [-0.15, -0.1) is 0 Å². The summed E-state index contributed by atoms with van der Waals surface area (Å²) >= 11 is 0. The molecular weight excluding hydrogens is 182 g/mol. The van der Waals surface area contributed by atoms with Crippen LogP contribution in [0.3, 0.4) is 0 Å². The van der Waals surface area contributed by atoms with E-state index in [2.05, 4.69) is 9.72 Å². The second kappa shape index (κ2) is 4.06. The molecule has 0 fully saturated rings. The number of hydrogen-bond acceptors (Lipinski definition) is 5. The number of nitrogen functional groups attached to an aromatic ring is 1. The van der Waals surface area contributed by atoms with Gasteiger partial charge in [0.2, 0.25) is 0 Å². The molecule has 1 heterocycles. The number of rotatable bonds is 2. The van der Waals surface area contributed by atoms with Gasteiger partial charge in [0.25, 0.3) is 0 Å². The summed E-state index contributed by atoms with van der Waals surface area (Å²) in [6.45, 7) is 1.76. The molecule has 0 aliphatic heterocycles. The average Bonchev–Trinajstić information content (AvgIpc) is 2.16. The lowest BCUT2D eigenvalue weighted by Crippen LogP contribution is -2.14. The van der Waals surface area contributed by atoms with Gasteiger partial charge in [-0.05, 0) is 13.0 Å². The Morgan fingerprint density at radius 3 is 2.79 bits per heavy atom. The molecule has 0 amide bonds. The molecule has 0 aromatic carbocycles. The van der Waals surface area contributed by atoms with Crippen molar-refractivity contribution >= 4 is 11.8 Å². The van der Waals surface area contributed by atoms with Gasteiger partial charge >= 0.3 is 5.97 Å². The molecule has 14 heavy (non-hydrogen) atoms. The number of carbonyl (C=O) groups excluding carboxylic acids is 1. The normalized spacial score (nSPS) is 12.2. The molecule has 0 bridgehead atoms. The lowest BCUT2D eigenvalue weighted by Gasteiger charge is -2.10. The van der Waals surface area contributed by atoms with Crippen molar-refractivity contribution in [2.45, 2.75) is 13.0 Å². The summed E-state index contributed by atoms with van der Waals surface area (Å²) in [5, 5.41) is 0. The van der Waals surface area contributed by atoms with Crippen molar-refractivity contribution in [3.05, 3.63) is 23.4 Å². The number of nitrogens with zero attached hydrogens (tertiary/aromatic N) is 1. The first kappa shape index (κ1) is 10.5. The van der Waals surface area contributed by atoms with Crippen LogP contribution in [0.2, 0.25) is 0 Å². The highest BCUT2D eigenvalue weighted by Crippen LogP contribution is 2.17. The fraction of sp³-hybridized carbons (Fsp3) is 0.333. The second-order valence-corrected chi connectivity index (χ2v) is 2.98. The third kappa shape index (κ3) is 2.00. The van der Waals surface area contributed by atoms with Crippen LogP contribution in [0.4, 0.5) is 5.82 Å². The van der Waals surface area contributed by atoms with E-state index in [0.717, 1.165) is 0 Å². The number of methoxy groups -OCH3 is 1. The molecule has 0 radical (unpaired) electrons. The summed E-state index contributed by atoms with van der Waals surface area (Å²) in [6.07, 6.45) is 1.49. The molecule has 0 saturated heterocycles. The highest BCUT2D eigenvalue weighted by atomic mass is 16.5. The molecule has 1 unspecified atom stereocenters. The minimum atomic E-state index is -0.452. The van der Waals surface area contributed by atoms with Crippen LogP contribution in [0, 0.1) is 0 Å². The number of aromatic nitrogens is 1. The zero-order valence-electron chi connectivity index (χ0n) is 8.15. The van der Waals surface area contributed by atoms with Crippen molar-refractivity contribution in [3.63, 3.8) is 0 Å². The van der Waals surface area contributed by atoms with E-state index in [4.69, 9.17) is 11.5 Å². The van der Waals surface area contributed by atoms with Crippen LogP contribution in [0.25, 0.3) is 0 Å². The molecule has 1 atom stereocenters. The average molecular weight is 195 g/mol. The Bertz CT molecular complexity index is 350. The highest BCUT2D eigenvalue weighted by molar-refractivity contribution is 5.91. The fourth-order valence-electron chi connectivity index (χ4n) is 1.13. The molecule has 5 nitrogen and oxygen atoms in total. The SMILES string of the molecule is COC(=O)c1cc(N)ncc1C(C)N. The Morgan fingerprint density at radius 2 is 2.29 bits per heavy atom. The molecule has 4 N–H and O–H groups in total. The number of hydrogen-bond donors (Lipinski definition) is 2. The van der Waals surface area contributed by atoms with E-state index in [1.54, 1.807) is 6.92 Å². The summed E-state index contributed by atoms with van der Waals surface area (Å²) in [5.74, 6) is -0.179. The van der Waals surface area contributed by atoms with Gasteiger partial charge in [-0.25, -0.2) is 9.78 Å². The predicted molar refractivity (Wildman–Crippen MR) is 52.6 cm³/mol. The van der Waals surface area contributed by atoms with Gasteiger partial charge in [0, 0.05) is 17.8 Å². The Hall–Kier alpha value is -1.62. The van der Waals surface area contributed by atoms with Crippen LogP contribution in [0.5, 0.6) is 0 Å². The first-order valence-corrected chi connectivity index (χ1v) is 4.15. The van der Waals surface area contributed by atoms with Crippen molar-refractivity contribution in [3.8, 4) is 0 Å². The fourth-order valence-corrected chi connectivity index (χ4v) is 1.13. The van der Waals surface area contributed by atoms with Crippen LogP contribution in [0.1, 0.15) is 28.9 Å². The molecule has 0 aliphatic carbocycles. The van der Waals surface area contributed by atoms with Crippen molar-refractivity contribution < 1.29 is 9.53 Å². The summed E-state index contributed by atoms with van der Waals surface area (Å²) in [4.78, 5) is 15.2. The first-order chi connectivity index (χ1) is 6.56. The van der Waals surface area contributed by atoms with E-state index in [1.807, 2.05) is 0 Å². The van der Waals surface area contributed by atoms with E-state index in [1.165, 1.54) is 19.4 Å². The van der Waals surface area contributed by atoms with E-state index < -0.39 is 5.97 Å². The summed E-state index contributed by atoms with van der Waals surface area (Å²) in [6, 6.07) is 1.18. The number of ether oxygens (including phenoxy) is 1. The van der Waals surface area contributed by atoms with Crippen LogP contribution >= 0.6 is 0 Å². The minimum Gasteiger partial charge on any atom is -0.465 e. The zero-order chi connectivity index (χ0) is 10.7. The standard InChI is InChI=1S/C9H13N3O2/c1-5(10)7-4-12-8(11)3-6(7)9(13)14-2/h3-5H,10H2,1-2H3,(H2,11,12). The number of esters is 1. The number of pyridine rings is 1. The first-order valence-electron chi connectivity index (χ1n) is 4.15.